The van der Waals surface area contributed by atoms with Crippen molar-refractivity contribution in [2.45, 2.75) is 19.4 Å². The number of hydrogen-bond acceptors (Lipinski definition) is 4. The summed E-state index contributed by atoms with van der Waals surface area (Å²) in [5.41, 5.74) is 4.26. The molecular formula is C15H16ClN3O2. The lowest BCUT2D eigenvalue weighted by molar-refractivity contribution is -0.133. The molecule has 1 amide bonds. The maximum absolute atomic E-state index is 12.2. The van der Waals surface area contributed by atoms with Gasteiger partial charge in [0.2, 0.25) is 0 Å². The largest absolute Gasteiger partial charge is 0.478 e. The molecule has 5 nitrogen and oxygen atoms in total. The van der Waals surface area contributed by atoms with Crippen LogP contribution in [0.2, 0.25) is 5.02 Å². The highest BCUT2D eigenvalue weighted by molar-refractivity contribution is 6.30. The van der Waals surface area contributed by atoms with Crippen LogP contribution in [-0.2, 0) is 4.79 Å². The van der Waals surface area contributed by atoms with Crippen LogP contribution in [0.25, 0.3) is 0 Å². The quantitative estimate of drug-likeness (QED) is 0.834. The van der Waals surface area contributed by atoms with Crippen LogP contribution in [0.4, 0.5) is 5.82 Å². The number of benzene rings is 1. The number of pyridine rings is 1. The molecule has 0 aliphatic rings. The van der Waals surface area contributed by atoms with Crippen molar-refractivity contribution in [2.24, 2.45) is 0 Å². The van der Waals surface area contributed by atoms with Crippen molar-refractivity contribution >= 4 is 23.3 Å². The fourth-order valence-electron chi connectivity index (χ4n) is 1.55. The molecule has 0 spiro atoms. The minimum Gasteiger partial charge on any atom is -0.478 e. The van der Waals surface area contributed by atoms with Crippen molar-refractivity contribution in [3.8, 4) is 5.75 Å². The van der Waals surface area contributed by atoms with Gasteiger partial charge in [0.1, 0.15) is 11.6 Å². The van der Waals surface area contributed by atoms with Gasteiger partial charge in [-0.1, -0.05) is 17.7 Å². The number of hydrogen-bond donors (Lipinski definition) is 2. The van der Waals surface area contributed by atoms with E-state index in [0.717, 1.165) is 0 Å². The molecule has 0 aliphatic heterocycles. The predicted molar refractivity (Wildman–Crippen MR) is 82.2 cm³/mol. The van der Waals surface area contributed by atoms with Crippen molar-refractivity contribution in [1.82, 2.24) is 10.4 Å². The number of ether oxygens (including phenoxy) is 1. The highest BCUT2D eigenvalue weighted by atomic mass is 35.5. The van der Waals surface area contributed by atoms with E-state index < -0.39 is 5.60 Å². The number of anilines is 1. The van der Waals surface area contributed by atoms with E-state index in [1.165, 1.54) is 0 Å². The SMILES string of the molecule is CC(C)(Oc1ccc(Cl)cc1)C(=O)NNc1ccccn1. The average Bonchev–Trinajstić information content (AvgIpc) is 2.48. The third kappa shape index (κ3) is 4.36. The molecule has 0 saturated heterocycles. The Kier molecular flexibility index (Phi) is 4.65. The van der Waals surface area contributed by atoms with E-state index in [0.29, 0.717) is 16.6 Å². The van der Waals surface area contributed by atoms with Gasteiger partial charge in [0.25, 0.3) is 5.91 Å². The van der Waals surface area contributed by atoms with Crippen molar-refractivity contribution in [1.29, 1.82) is 0 Å². The zero-order valence-electron chi connectivity index (χ0n) is 11.8. The molecule has 21 heavy (non-hydrogen) atoms. The highest BCUT2D eigenvalue weighted by Gasteiger charge is 2.30. The second-order valence-electron chi connectivity index (χ2n) is 4.86. The van der Waals surface area contributed by atoms with Crippen molar-refractivity contribution in [3.05, 3.63) is 53.7 Å². The second-order valence-corrected chi connectivity index (χ2v) is 5.30. The summed E-state index contributed by atoms with van der Waals surface area (Å²) in [6, 6.07) is 12.2. The van der Waals surface area contributed by atoms with E-state index in [-0.39, 0.29) is 5.91 Å². The summed E-state index contributed by atoms with van der Waals surface area (Å²) in [4.78, 5) is 16.2. The van der Waals surface area contributed by atoms with Gasteiger partial charge >= 0.3 is 0 Å². The number of hydrazine groups is 1. The Balaban J connectivity index is 1.95. The van der Waals surface area contributed by atoms with Crippen LogP contribution < -0.4 is 15.6 Å². The Labute approximate surface area is 128 Å². The van der Waals surface area contributed by atoms with Gasteiger partial charge in [-0.3, -0.25) is 15.6 Å². The number of rotatable bonds is 5. The molecule has 110 valence electrons. The van der Waals surface area contributed by atoms with Crippen LogP contribution in [0.1, 0.15) is 13.8 Å². The number of halogens is 1. The first kappa shape index (κ1) is 15.1. The summed E-state index contributed by atoms with van der Waals surface area (Å²) in [6.07, 6.45) is 1.63. The Bertz CT molecular complexity index is 600. The fourth-order valence-corrected chi connectivity index (χ4v) is 1.68. The molecule has 0 aliphatic carbocycles. The molecule has 0 atom stereocenters. The molecule has 2 N–H and O–H groups in total. The summed E-state index contributed by atoms with van der Waals surface area (Å²) in [5.74, 6) is 0.800. The minimum absolute atomic E-state index is 0.317. The standard InChI is InChI=1S/C15H16ClN3O2/c1-15(2,21-12-8-6-11(16)7-9-12)14(20)19-18-13-5-3-4-10-17-13/h3-10H,1-2H3,(H,17,18)(H,19,20). The highest BCUT2D eigenvalue weighted by Crippen LogP contribution is 2.21. The van der Waals surface area contributed by atoms with Gasteiger partial charge in [-0.2, -0.15) is 0 Å². The summed E-state index contributed by atoms with van der Waals surface area (Å²) in [7, 11) is 0. The first-order valence-corrected chi connectivity index (χ1v) is 6.77. The number of nitrogens with one attached hydrogen (secondary N) is 2. The first-order chi connectivity index (χ1) is 9.97. The molecule has 0 fully saturated rings. The summed E-state index contributed by atoms with van der Waals surface area (Å²) in [5, 5.41) is 0.612. The van der Waals surface area contributed by atoms with E-state index in [4.69, 9.17) is 16.3 Å². The predicted octanol–water partition coefficient (Wildman–Crippen LogP) is 3.04. The van der Waals surface area contributed by atoms with E-state index >= 15 is 0 Å². The molecule has 2 aromatic rings. The van der Waals surface area contributed by atoms with Crippen LogP contribution >= 0.6 is 11.6 Å². The number of nitrogens with zero attached hydrogens (tertiary/aromatic N) is 1. The molecule has 1 heterocycles. The number of carbonyl (C=O) groups excluding carboxylic acids is 1. The molecule has 6 heteroatoms. The topological polar surface area (TPSA) is 63.2 Å². The zero-order valence-corrected chi connectivity index (χ0v) is 12.5. The molecule has 0 unspecified atom stereocenters. The fraction of sp³-hybridized carbons (Fsp3) is 0.200. The average molecular weight is 306 g/mol. The third-order valence-electron chi connectivity index (χ3n) is 2.70. The van der Waals surface area contributed by atoms with Crippen LogP contribution in [0.5, 0.6) is 5.75 Å². The van der Waals surface area contributed by atoms with Crippen LogP contribution in [-0.4, -0.2) is 16.5 Å². The number of amides is 1. The molecule has 2 rings (SSSR count). The molecule has 1 aromatic carbocycles. The smallest absolute Gasteiger partial charge is 0.281 e. The summed E-state index contributed by atoms with van der Waals surface area (Å²) in [6.45, 7) is 3.36. The van der Waals surface area contributed by atoms with Crippen molar-refractivity contribution in [2.75, 3.05) is 5.43 Å². The van der Waals surface area contributed by atoms with E-state index in [2.05, 4.69) is 15.8 Å². The Hall–Kier alpha value is -2.27. The lowest BCUT2D eigenvalue weighted by Gasteiger charge is -2.25. The Morgan fingerprint density at radius 3 is 2.52 bits per heavy atom. The molecular weight excluding hydrogens is 290 g/mol. The van der Waals surface area contributed by atoms with Gasteiger partial charge in [0.15, 0.2) is 5.60 Å². The normalized spacial score (nSPS) is 10.8. The van der Waals surface area contributed by atoms with Gasteiger partial charge in [-0.25, -0.2) is 4.98 Å². The van der Waals surface area contributed by atoms with E-state index in [1.54, 1.807) is 56.4 Å². The maximum Gasteiger partial charge on any atom is 0.281 e. The monoisotopic (exact) mass is 305 g/mol. The lowest BCUT2D eigenvalue weighted by Crippen LogP contribution is -2.48. The second kappa shape index (κ2) is 6.45. The lowest BCUT2D eigenvalue weighted by atomic mass is 10.1. The van der Waals surface area contributed by atoms with Gasteiger partial charge in [0.05, 0.1) is 0 Å². The zero-order chi connectivity index (χ0) is 15.3. The summed E-state index contributed by atoms with van der Waals surface area (Å²) >= 11 is 5.81. The minimum atomic E-state index is -1.05. The van der Waals surface area contributed by atoms with Crippen LogP contribution in [0, 0.1) is 0 Å². The maximum atomic E-state index is 12.2. The van der Waals surface area contributed by atoms with Crippen LogP contribution in [0.3, 0.4) is 0 Å². The third-order valence-corrected chi connectivity index (χ3v) is 2.95. The summed E-state index contributed by atoms with van der Waals surface area (Å²) < 4.78 is 5.68. The van der Waals surface area contributed by atoms with Gasteiger partial charge in [-0.05, 0) is 50.2 Å². The Morgan fingerprint density at radius 1 is 1.19 bits per heavy atom. The van der Waals surface area contributed by atoms with Crippen molar-refractivity contribution in [3.63, 3.8) is 0 Å². The van der Waals surface area contributed by atoms with E-state index in [9.17, 15) is 4.79 Å². The number of carbonyl (C=O) groups is 1. The van der Waals surface area contributed by atoms with Gasteiger partial charge in [-0.15, -0.1) is 0 Å². The molecule has 1 aromatic heterocycles. The van der Waals surface area contributed by atoms with Gasteiger partial charge in [0, 0.05) is 11.2 Å². The van der Waals surface area contributed by atoms with Crippen LogP contribution in [0.15, 0.2) is 48.7 Å². The Morgan fingerprint density at radius 2 is 1.90 bits per heavy atom. The molecule has 0 radical (unpaired) electrons. The number of aromatic nitrogens is 1. The first-order valence-electron chi connectivity index (χ1n) is 6.39. The molecule has 0 saturated carbocycles. The van der Waals surface area contributed by atoms with Gasteiger partial charge < -0.3 is 4.74 Å². The van der Waals surface area contributed by atoms with E-state index in [1.807, 2.05) is 6.07 Å². The van der Waals surface area contributed by atoms with Crippen molar-refractivity contribution < 1.29 is 9.53 Å². The molecule has 0 bridgehead atoms.